The van der Waals surface area contributed by atoms with Gasteiger partial charge in [-0.25, -0.2) is 0 Å². The van der Waals surface area contributed by atoms with Gasteiger partial charge in [-0.15, -0.1) is 0 Å². The first-order chi connectivity index (χ1) is 6.43. The summed E-state index contributed by atoms with van der Waals surface area (Å²) >= 11 is 0. The van der Waals surface area contributed by atoms with Crippen molar-refractivity contribution in [1.82, 2.24) is 9.78 Å². The molecule has 1 aromatic rings. The zero-order valence-electron chi connectivity index (χ0n) is 8.96. The number of nitrogens with zero attached hydrogens (tertiary/aromatic N) is 2. The topological polar surface area (TPSA) is 72.9 Å². The van der Waals surface area contributed by atoms with E-state index in [-0.39, 0.29) is 11.9 Å². The molecule has 0 aromatic carbocycles. The summed E-state index contributed by atoms with van der Waals surface area (Å²) in [6, 6.07) is -0.378. The van der Waals surface area contributed by atoms with Gasteiger partial charge in [-0.2, -0.15) is 5.10 Å². The SMILES string of the molecule is Cc1nn(C)c(C)c1NC(C)C(N)=O. The van der Waals surface area contributed by atoms with Crippen LogP contribution in [0.25, 0.3) is 0 Å². The van der Waals surface area contributed by atoms with E-state index in [2.05, 4.69) is 10.4 Å². The number of aromatic nitrogens is 2. The van der Waals surface area contributed by atoms with Gasteiger partial charge in [0.05, 0.1) is 17.1 Å². The third-order valence-electron chi connectivity index (χ3n) is 2.30. The minimum absolute atomic E-state index is 0.368. The van der Waals surface area contributed by atoms with Crippen LogP contribution in [0.4, 0.5) is 5.69 Å². The van der Waals surface area contributed by atoms with E-state index in [1.165, 1.54) is 0 Å². The third kappa shape index (κ3) is 1.86. The molecule has 0 aliphatic heterocycles. The second kappa shape index (κ2) is 3.69. The molecular formula is C9H16N4O. The molecule has 5 nitrogen and oxygen atoms in total. The number of carbonyl (C=O) groups is 1. The first kappa shape index (κ1) is 10.6. The van der Waals surface area contributed by atoms with Crippen molar-refractivity contribution in [3.63, 3.8) is 0 Å². The fourth-order valence-electron chi connectivity index (χ4n) is 1.27. The van der Waals surface area contributed by atoms with E-state index in [0.717, 1.165) is 17.1 Å². The summed E-state index contributed by atoms with van der Waals surface area (Å²) in [6.45, 7) is 5.56. The number of hydrogen-bond acceptors (Lipinski definition) is 3. The average Bonchev–Trinajstić information content (AvgIpc) is 2.32. The Morgan fingerprint density at radius 2 is 2.14 bits per heavy atom. The molecule has 0 spiro atoms. The lowest BCUT2D eigenvalue weighted by Gasteiger charge is -2.11. The average molecular weight is 196 g/mol. The standard InChI is InChI=1S/C9H16N4O/c1-5-8(7(3)13(4)12-5)11-6(2)9(10)14/h6,11H,1-4H3,(H2,10,14). The predicted molar refractivity (Wildman–Crippen MR) is 55.0 cm³/mol. The zero-order chi connectivity index (χ0) is 10.9. The Balaban J connectivity index is 2.91. The summed E-state index contributed by atoms with van der Waals surface area (Å²) in [6.07, 6.45) is 0. The summed E-state index contributed by atoms with van der Waals surface area (Å²) < 4.78 is 1.77. The molecule has 0 saturated carbocycles. The Labute approximate surface area is 83.3 Å². The highest BCUT2D eigenvalue weighted by atomic mass is 16.1. The van der Waals surface area contributed by atoms with E-state index in [4.69, 9.17) is 5.73 Å². The number of rotatable bonds is 3. The fourth-order valence-corrected chi connectivity index (χ4v) is 1.27. The molecule has 5 heteroatoms. The van der Waals surface area contributed by atoms with Crippen molar-refractivity contribution < 1.29 is 4.79 Å². The molecule has 0 radical (unpaired) electrons. The molecule has 1 unspecified atom stereocenters. The van der Waals surface area contributed by atoms with E-state index >= 15 is 0 Å². The Morgan fingerprint density at radius 1 is 1.57 bits per heavy atom. The minimum Gasteiger partial charge on any atom is -0.371 e. The molecule has 0 saturated heterocycles. The molecular weight excluding hydrogens is 180 g/mol. The van der Waals surface area contributed by atoms with Gasteiger partial charge in [0.1, 0.15) is 6.04 Å². The Morgan fingerprint density at radius 3 is 2.50 bits per heavy atom. The zero-order valence-corrected chi connectivity index (χ0v) is 8.96. The van der Waals surface area contributed by atoms with E-state index in [0.29, 0.717) is 0 Å². The van der Waals surface area contributed by atoms with Crippen LogP contribution in [0.15, 0.2) is 0 Å². The fraction of sp³-hybridized carbons (Fsp3) is 0.556. The van der Waals surface area contributed by atoms with Gasteiger partial charge in [-0.05, 0) is 20.8 Å². The number of amides is 1. The number of aryl methyl sites for hydroxylation is 2. The molecule has 0 bridgehead atoms. The maximum atomic E-state index is 10.9. The van der Waals surface area contributed by atoms with Crippen LogP contribution in [0.5, 0.6) is 0 Å². The van der Waals surface area contributed by atoms with Crippen LogP contribution in [-0.4, -0.2) is 21.7 Å². The lowest BCUT2D eigenvalue weighted by molar-refractivity contribution is -0.118. The van der Waals surface area contributed by atoms with Gasteiger partial charge in [0.15, 0.2) is 0 Å². The minimum atomic E-state index is -0.378. The normalized spacial score (nSPS) is 12.6. The van der Waals surface area contributed by atoms with Crippen LogP contribution in [0.3, 0.4) is 0 Å². The Hall–Kier alpha value is -1.52. The number of nitrogens with two attached hydrogens (primary N) is 1. The first-order valence-corrected chi connectivity index (χ1v) is 4.49. The van der Waals surface area contributed by atoms with Crippen molar-refractivity contribution in [1.29, 1.82) is 0 Å². The summed E-state index contributed by atoms with van der Waals surface area (Å²) in [4.78, 5) is 10.9. The number of anilines is 1. The largest absolute Gasteiger partial charge is 0.371 e. The van der Waals surface area contributed by atoms with Crippen molar-refractivity contribution in [2.24, 2.45) is 12.8 Å². The van der Waals surface area contributed by atoms with E-state index in [1.807, 2.05) is 20.9 Å². The van der Waals surface area contributed by atoms with Gasteiger partial charge in [-0.1, -0.05) is 0 Å². The van der Waals surface area contributed by atoms with Gasteiger partial charge >= 0.3 is 0 Å². The monoisotopic (exact) mass is 196 g/mol. The van der Waals surface area contributed by atoms with Crippen molar-refractivity contribution in [2.45, 2.75) is 26.8 Å². The van der Waals surface area contributed by atoms with Crippen LogP contribution < -0.4 is 11.1 Å². The van der Waals surface area contributed by atoms with Crippen LogP contribution in [0, 0.1) is 13.8 Å². The van der Waals surface area contributed by atoms with Crippen LogP contribution in [0.2, 0.25) is 0 Å². The molecule has 1 atom stereocenters. The van der Waals surface area contributed by atoms with Gasteiger partial charge in [-0.3, -0.25) is 9.48 Å². The number of carbonyl (C=O) groups excluding carboxylic acids is 1. The van der Waals surface area contributed by atoms with Crippen LogP contribution in [0.1, 0.15) is 18.3 Å². The maximum Gasteiger partial charge on any atom is 0.239 e. The number of primary amides is 1. The molecule has 14 heavy (non-hydrogen) atoms. The number of hydrogen-bond donors (Lipinski definition) is 2. The summed E-state index contributed by atoms with van der Waals surface area (Å²) in [5, 5.41) is 7.27. The second-order valence-electron chi connectivity index (χ2n) is 3.44. The molecule has 1 rings (SSSR count). The van der Waals surface area contributed by atoms with Gasteiger partial charge in [0.25, 0.3) is 0 Å². The quantitative estimate of drug-likeness (QED) is 0.731. The van der Waals surface area contributed by atoms with Gasteiger partial charge in [0, 0.05) is 7.05 Å². The Bertz CT molecular complexity index is 356. The van der Waals surface area contributed by atoms with E-state index in [1.54, 1.807) is 11.6 Å². The van der Waals surface area contributed by atoms with Crippen LogP contribution in [-0.2, 0) is 11.8 Å². The molecule has 0 aliphatic rings. The van der Waals surface area contributed by atoms with Gasteiger partial charge in [0.2, 0.25) is 5.91 Å². The van der Waals surface area contributed by atoms with Crippen molar-refractivity contribution in [3.05, 3.63) is 11.4 Å². The van der Waals surface area contributed by atoms with Crippen molar-refractivity contribution >= 4 is 11.6 Å². The smallest absolute Gasteiger partial charge is 0.239 e. The molecule has 3 N–H and O–H groups in total. The molecule has 78 valence electrons. The summed E-state index contributed by atoms with van der Waals surface area (Å²) in [5.74, 6) is -0.368. The molecule has 1 amide bonds. The molecule has 0 aliphatic carbocycles. The Kier molecular flexibility index (Phi) is 2.78. The third-order valence-corrected chi connectivity index (χ3v) is 2.30. The summed E-state index contributed by atoms with van der Waals surface area (Å²) in [7, 11) is 1.86. The summed E-state index contributed by atoms with van der Waals surface area (Å²) in [5.41, 5.74) is 7.92. The van der Waals surface area contributed by atoms with Gasteiger partial charge < -0.3 is 11.1 Å². The van der Waals surface area contributed by atoms with Crippen molar-refractivity contribution in [3.8, 4) is 0 Å². The molecule has 0 fully saturated rings. The second-order valence-corrected chi connectivity index (χ2v) is 3.44. The highest BCUT2D eigenvalue weighted by molar-refractivity contribution is 5.82. The lowest BCUT2D eigenvalue weighted by atomic mass is 10.2. The van der Waals surface area contributed by atoms with Crippen LogP contribution >= 0.6 is 0 Å². The molecule has 1 heterocycles. The number of nitrogens with one attached hydrogen (secondary N) is 1. The highest BCUT2D eigenvalue weighted by Gasteiger charge is 2.14. The predicted octanol–water partition coefficient (Wildman–Crippen LogP) is 0.323. The highest BCUT2D eigenvalue weighted by Crippen LogP contribution is 2.18. The first-order valence-electron chi connectivity index (χ1n) is 4.49. The maximum absolute atomic E-state index is 10.9. The van der Waals surface area contributed by atoms with E-state index in [9.17, 15) is 4.79 Å². The molecule has 1 aromatic heterocycles. The van der Waals surface area contributed by atoms with Crippen molar-refractivity contribution in [2.75, 3.05) is 5.32 Å². The van der Waals surface area contributed by atoms with E-state index < -0.39 is 0 Å². The lowest BCUT2D eigenvalue weighted by Crippen LogP contribution is -2.32.